The van der Waals surface area contributed by atoms with Gasteiger partial charge >= 0.3 is 6.09 Å². The molecule has 5 nitrogen and oxygen atoms in total. The Morgan fingerprint density at radius 3 is 2.55 bits per heavy atom. The van der Waals surface area contributed by atoms with Crippen molar-refractivity contribution in [1.82, 2.24) is 4.90 Å². The first kappa shape index (κ1) is 14.2. The number of amides is 1. The maximum atomic E-state index is 12.0. The number of hydrogen-bond acceptors (Lipinski definition) is 4. The third-order valence-corrected chi connectivity index (χ3v) is 3.06. The van der Waals surface area contributed by atoms with Crippen molar-refractivity contribution in [1.29, 1.82) is 0 Å². The lowest BCUT2D eigenvalue weighted by atomic mass is 10.1. The highest BCUT2D eigenvalue weighted by Crippen LogP contribution is 2.21. The second-order valence-electron chi connectivity index (χ2n) is 4.30. The van der Waals surface area contributed by atoms with Crippen molar-refractivity contribution < 1.29 is 19.0 Å². The SMILES string of the molecule is C#CC(OC(=O)N1CCOCC1)c1ccc(OC)cc1. The number of rotatable bonds is 3. The van der Waals surface area contributed by atoms with E-state index < -0.39 is 12.2 Å². The molecule has 0 spiro atoms. The van der Waals surface area contributed by atoms with Crippen LogP contribution in [0.5, 0.6) is 5.75 Å². The number of benzene rings is 1. The molecule has 5 heteroatoms. The van der Waals surface area contributed by atoms with Gasteiger partial charge in [0.05, 0.1) is 20.3 Å². The van der Waals surface area contributed by atoms with Crippen LogP contribution >= 0.6 is 0 Å². The maximum Gasteiger partial charge on any atom is 0.411 e. The number of terminal acetylenes is 1. The molecule has 1 amide bonds. The van der Waals surface area contributed by atoms with Crippen LogP contribution < -0.4 is 4.74 Å². The van der Waals surface area contributed by atoms with Crippen LogP contribution in [0.15, 0.2) is 24.3 Å². The van der Waals surface area contributed by atoms with Gasteiger partial charge in [0.1, 0.15) is 5.75 Å². The van der Waals surface area contributed by atoms with Gasteiger partial charge in [-0.05, 0) is 12.1 Å². The van der Waals surface area contributed by atoms with E-state index in [2.05, 4.69) is 5.92 Å². The van der Waals surface area contributed by atoms with Crippen LogP contribution in [0.2, 0.25) is 0 Å². The van der Waals surface area contributed by atoms with Crippen LogP contribution in [0.1, 0.15) is 11.7 Å². The molecule has 1 saturated heterocycles. The maximum absolute atomic E-state index is 12.0. The molecular formula is C15H17NO4. The van der Waals surface area contributed by atoms with Gasteiger partial charge in [0.2, 0.25) is 0 Å². The average molecular weight is 275 g/mol. The topological polar surface area (TPSA) is 48.0 Å². The van der Waals surface area contributed by atoms with Crippen LogP contribution in [0.4, 0.5) is 4.79 Å². The monoisotopic (exact) mass is 275 g/mol. The van der Waals surface area contributed by atoms with E-state index in [0.29, 0.717) is 26.3 Å². The van der Waals surface area contributed by atoms with Gasteiger partial charge in [0.15, 0.2) is 6.10 Å². The van der Waals surface area contributed by atoms with E-state index in [4.69, 9.17) is 20.6 Å². The number of morpholine rings is 1. The summed E-state index contributed by atoms with van der Waals surface area (Å²) in [4.78, 5) is 13.6. The predicted molar refractivity (Wildman–Crippen MR) is 73.4 cm³/mol. The molecule has 1 heterocycles. The Bertz CT molecular complexity index is 486. The van der Waals surface area contributed by atoms with E-state index in [9.17, 15) is 4.79 Å². The quantitative estimate of drug-likeness (QED) is 0.790. The molecule has 0 radical (unpaired) electrons. The molecule has 1 aliphatic rings. The van der Waals surface area contributed by atoms with Crippen LogP contribution in [-0.4, -0.2) is 44.4 Å². The fourth-order valence-corrected chi connectivity index (χ4v) is 1.90. The van der Waals surface area contributed by atoms with E-state index in [1.165, 1.54) is 0 Å². The second-order valence-corrected chi connectivity index (χ2v) is 4.30. The zero-order valence-corrected chi connectivity index (χ0v) is 11.4. The van der Waals surface area contributed by atoms with Crippen molar-refractivity contribution in [2.24, 2.45) is 0 Å². The number of carbonyl (C=O) groups is 1. The molecule has 1 aromatic rings. The summed E-state index contributed by atoms with van der Waals surface area (Å²) in [6.07, 6.45) is 4.34. The van der Waals surface area contributed by atoms with Gasteiger partial charge in [-0.15, -0.1) is 6.42 Å². The fraction of sp³-hybridized carbons (Fsp3) is 0.400. The van der Waals surface area contributed by atoms with Crippen molar-refractivity contribution in [3.63, 3.8) is 0 Å². The molecule has 20 heavy (non-hydrogen) atoms. The Morgan fingerprint density at radius 1 is 1.35 bits per heavy atom. The summed E-state index contributed by atoms with van der Waals surface area (Å²) in [5.74, 6) is 3.21. The molecule has 1 unspecified atom stereocenters. The minimum atomic E-state index is -0.698. The number of nitrogens with zero attached hydrogens (tertiary/aromatic N) is 1. The molecule has 0 aliphatic carbocycles. The van der Waals surface area contributed by atoms with Crippen LogP contribution in [0, 0.1) is 12.3 Å². The minimum Gasteiger partial charge on any atom is -0.497 e. The summed E-state index contributed by atoms with van der Waals surface area (Å²) < 4.78 is 15.6. The van der Waals surface area contributed by atoms with Crippen LogP contribution in [0.25, 0.3) is 0 Å². The van der Waals surface area contributed by atoms with Crippen molar-refractivity contribution in [3.8, 4) is 18.1 Å². The standard InChI is InChI=1S/C15H17NO4/c1-3-14(12-4-6-13(18-2)7-5-12)20-15(17)16-8-10-19-11-9-16/h1,4-7,14H,8-11H2,2H3. The molecule has 0 aromatic heterocycles. The summed E-state index contributed by atoms with van der Waals surface area (Å²) in [7, 11) is 1.59. The summed E-state index contributed by atoms with van der Waals surface area (Å²) >= 11 is 0. The lowest BCUT2D eigenvalue weighted by molar-refractivity contribution is 0.0203. The Morgan fingerprint density at radius 2 is 2.00 bits per heavy atom. The van der Waals surface area contributed by atoms with Gasteiger partial charge in [-0.1, -0.05) is 18.1 Å². The average Bonchev–Trinajstić information content (AvgIpc) is 2.53. The lowest BCUT2D eigenvalue weighted by Gasteiger charge is -2.27. The zero-order chi connectivity index (χ0) is 14.4. The summed E-state index contributed by atoms with van der Waals surface area (Å²) in [6, 6.07) is 7.14. The Balaban J connectivity index is 2.00. The molecule has 0 N–H and O–H groups in total. The first-order chi connectivity index (χ1) is 9.74. The molecule has 1 aromatic carbocycles. The normalized spacial score (nSPS) is 16.1. The largest absolute Gasteiger partial charge is 0.497 e. The fourth-order valence-electron chi connectivity index (χ4n) is 1.90. The van der Waals surface area contributed by atoms with Crippen molar-refractivity contribution in [2.75, 3.05) is 33.4 Å². The summed E-state index contributed by atoms with van der Waals surface area (Å²) in [6.45, 7) is 2.11. The van der Waals surface area contributed by atoms with Gasteiger partial charge in [0.25, 0.3) is 0 Å². The number of hydrogen-bond donors (Lipinski definition) is 0. The zero-order valence-electron chi connectivity index (χ0n) is 11.4. The molecule has 1 atom stereocenters. The summed E-state index contributed by atoms with van der Waals surface area (Å²) in [5, 5.41) is 0. The smallest absolute Gasteiger partial charge is 0.411 e. The number of ether oxygens (including phenoxy) is 3. The highest BCUT2D eigenvalue weighted by atomic mass is 16.6. The lowest BCUT2D eigenvalue weighted by Crippen LogP contribution is -2.41. The predicted octanol–water partition coefficient (Wildman–Crippen LogP) is 1.84. The van der Waals surface area contributed by atoms with Gasteiger partial charge in [-0.3, -0.25) is 0 Å². The van der Waals surface area contributed by atoms with Gasteiger partial charge < -0.3 is 19.1 Å². The second kappa shape index (κ2) is 6.83. The van der Waals surface area contributed by atoms with Crippen LogP contribution in [0.3, 0.4) is 0 Å². The molecular weight excluding hydrogens is 258 g/mol. The first-order valence-electron chi connectivity index (χ1n) is 6.38. The van der Waals surface area contributed by atoms with E-state index in [1.54, 1.807) is 36.3 Å². The van der Waals surface area contributed by atoms with E-state index >= 15 is 0 Å². The minimum absolute atomic E-state index is 0.410. The first-order valence-corrected chi connectivity index (χ1v) is 6.38. The summed E-state index contributed by atoms with van der Waals surface area (Å²) in [5.41, 5.74) is 0.745. The van der Waals surface area contributed by atoms with E-state index in [0.717, 1.165) is 11.3 Å². The van der Waals surface area contributed by atoms with Crippen molar-refractivity contribution in [3.05, 3.63) is 29.8 Å². The Hall–Kier alpha value is -2.19. The molecule has 0 bridgehead atoms. The third kappa shape index (κ3) is 3.43. The molecule has 106 valence electrons. The molecule has 1 fully saturated rings. The Kier molecular flexibility index (Phi) is 4.85. The number of methoxy groups -OCH3 is 1. The van der Waals surface area contributed by atoms with Gasteiger partial charge in [-0.2, -0.15) is 0 Å². The van der Waals surface area contributed by atoms with E-state index in [1.807, 2.05) is 0 Å². The third-order valence-electron chi connectivity index (χ3n) is 3.06. The van der Waals surface area contributed by atoms with Gasteiger partial charge in [-0.25, -0.2) is 4.79 Å². The molecule has 2 rings (SSSR count). The van der Waals surface area contributed by atoms with Crippen molar-refractivity contribution >= 4 is 6.09 Å². The molecule has 1 aliphatic heterocycles. The number of carbonyl (C=O) groups excluding carboxylic acids is 1. The van der Waals surface area contributed by atoms with Crippen LogP contribution in [-0.2, 0) is 9.47 Å². The Labute approximate surface area is 118 Å². The van der Waals surface area contributed by atoms with Crippen molar-refractivity contribution in [2.45, 2.75) is 6.10 Å². The van der Waals surface area contributed by atoms with Gasteiger partial charge in [0, 0.05) is 18.7 Å². The highest BCUT2D eigenvalue weighted by Gasteiger charge is 2.22. The molecule has 0 saturated carbocycles. The highest BCUT2D eigenvalue weighted by molar-refractivity contribution is 5.68. The van der Waals surface area contributed by atoms with E-state index in [-0.39, 0.29) is 0 Å².